The van der Waals surface area contributed by atoms with Crippen LogP contribution in [0.15, 0.2) is 0 Å². The maximum atomic E-state index is 11.8. The summed E-state index contributed by atoms with van der Waals surface area (Å²) in [4.78, 5) is 0. The molecule has 0 bridgehead atoms. The normalized spacial score (nSPS) is 24.2. The summed E-state index contributed by atoms with van der Waals surface area (Å²) in [7, 11) is -1.38. The smallest absolute Gasteiger partial charge is 0.215 e. The van der Waals surface area contributed by atoms with Gasteiger partial charge >= 0.3 is 0 Å². The van der Waals surface area contributed by atoms with Gasteiger partial charge in [-0.05, 0) is 32.6 Å². The molecule has 0 aromatic rings. The van der Waals surface area contributed by atoms with Crippen LogP contribution in [0.4, 0.5) is 0 Å². The summed E-state index contributed by atoms with van der Waals surface area (Å²) in [6.07, 6.45) is 3.63. The van der Waals surface area contributed by atoms with Crippen LogP contribution in [0.3, 0.4) is 0 Å². The molecule has 0 aromatic carbocycles. The van der Waals surface area contributed by atoms with Gasteiger partial charge in [0.2, 0.25) is 10.0 Å². The van der Waals surface area contributed by atoms with Crippen LogP contribution in [0.2, 0.25) is 0 Å². The van der Waals surface area contributed by atoms with Crippen molar-refractivity contribution in [3.63, 3.8) is 0 Å². The first-order chi connectivity index (χ1) is 7.56. The molecule has 1 fully saturated rings. The van der Waals surface area contributed by atoms with Crippen LogP contribution in [0.5, 0.6) is 0 Å². The minimum atomic E-state index is -3.15. The zero-order valence-electron chi connectivity index (χ0n) is 10.0. The van der Waals surface area contributed by atoms with Crippen molar-refractivity contribution >= 4 is 21.8 Å². The maximum absolute atomic E-state index is 11.8. The first-order valence-corrected chi connectivity index (χ1v) is 8.40. The van der Waals surface area contributed by atoms with Gasteiger partial charge in [-0.3, -0.25) is 0 Å². The molecule has 0 aliphatic carbocycles. The van der Waals surface area contributed by atoms with Crippen molar-refractivity contribution in [1.82, 2.24) is 10.0 Å². The largest absolute Gasteiger partial charge is 0.318 e. The molecule has 0 spiro atoms. The Bertz CT molecular complexity index is 287. The number of hydrogen-bond donors (Lipinski definition) is 2. The van der Waals surface area contributed by atoms with Crippen LogP contribution in [-0.4, -0.2) is 44.8 Å². The van der Waals surface area contributed by atoms with E-state index in [2.05, 4.69) is 10.0 Å². The van der Waals surface area contributed by atoms with E-state index in [4.69, 9.17) is 0 Å². The molecule has 1 saturated heterocycles. The summed E-state index contributed by atoms with van der Waals surface area (Å²) in [5.74, 6) is 1.17. The average Bonchev–Trinajstić information content (AvgIpc) is 2.28. The third-order valence-electron chi connectivity index (χ3n) is 2.81. The zero-order valence-corrected chi connectivity index (χ0v) is 11.7. The third-order valence-corrected chi connectivity index (χ3v) is 6.00. The molecule has 96 valence electrons. The number of rotatable bonds is 6. The Morgan fingerprint density at radius 2 is 2.19 bits per heavy atom. The van der Waals surface area contributed by atoms with Gasteiger partial charge in [0.25, 0.3) is 0 Å². The van der Waals surface area contributed by atoms with Gasteiger partial charge in [-0.1, -0.05) is 6.42 Å². The molecule has 0 amide bonds. The first kappa shape index (κ1) is 14.3. The van der Waals surface area contributed by atoms with Gasteiger partial charge in [0.1, 0.15) is 0 Å². The molecular weight excluding hydrogens is 244 g/mol. The highest BCUT2D eigenvalue weighted by Gasteiger charge is 2.22. The van der Waals surface area contributed by atoms with Gasteiger partial charge in [-0.25, -0.2) is 13.1 Å². The summed E-state index contributed by atoms with van der Waals surface area (Å²) >= 11 is 1.89. The Kier molecular flexibility index (Phi) is 6.10. The lowest BCUT2D eigenvalue weighted by atomic mass is 10.2. The molecule has 16 heavy (non-hydrogen) atoms. The molecule has 1 aliphatic heterocycles. The second kappa shape index (κ2) is 6.83. The minimum Gasteiger partial charge on any atom is -0.318 e. The van der Waals surface area contributed by atoms with Crippen molar-refractivity contribution in [1.29, 1.82) is 0 Å². The monoisotopic (exact) mass is 266 g/mol. The maximum Gasteiger partial charge on any atom is 0.215 e. The molecule has 1 rings (SSSR count). The Morgan fingerprint density at radius 3 is 2.75 bits per heavy atom. The van der Waals surface area contributed by atoms with E-state index < -0.39 is 10.0 Å². The van der Waals surface area contributed by atoms with E-state index in [1.54, 1.807) is 14.0 Å². The molecule has 0 radical (unpaired) electrons. The van der Waals surface area contributed by atoms with E-state index in [1.807, 2.05) is 11.8 Å². The predicted octanol–water partition coefficient (Wildman–Crippen LogP) is 0.799. The molecule has 2 atom stereocenters. The number of sulfonamides is 1. The van der Waals surface area contributed by atoms with Crippen LogP contribution in [-0.2, 0) is 10.0 Å². The highest BCUT2D eigenvalue weighted by molar-refractivity contribution is 8.00. The summed E-state index contributed by atoms with van der Waals surface area (Å²) in [6, 6.07) is 0. The van der Waals surface area contributed by atoms with Crippen molar-refractivity contribution in [3.05, 3.63) is 0 Å². The fraction of sp³-hybridized carbons (Fsp3) is 1.00. The van der Waals surface area contributed by atoms with E-state index in [1.165, 1.54) is 18.6 Å². The van der Waals surface area contributed by atoms with Crippen LogP contribution >= 0.6 is 11.8 Å². The van der Waals surface area contributed by atoms with Crippen molar-refractivity contribution in [3.8, 4) is 0 Å². The van der Waals surface area contributed by atoms with Gasteiger partial charge in [0.15, 0.2) is 0 Å². The summed E-state index contributed by atoms with van der Waals surface area (Å²) in [5.41, 5.74) is 0. The second-order valence-corrected chi connectivity index (χ2v) is 7.84. The van der Waals surface area contributed by atoms with Gasteiger partial charge in [0.05, 0.1) is 5.25 Å². The lowest BCUT2D eigenvalue weighted by Crippen LogP contribution is -2.41. The minimum absolute atomic E-state index is 0.369. The van der Waals surface area contributed by atoms with Crippen molar-refractivity contribution < 1.29 is 8.42 Å². The lowest BCUT2D eigenvalue weighted by molar-refractivity contribution is 0.557. The van der Waals surface area contributed by atoms with Crippen LogP contribution in [0, 0.1) is 0 Å². The second-order valence-electron chi connectivity index (χ2n) is 4.25. The molecule has 2 N–H and O–H groups in total. The van der Waals surface area contributed by atoms with E-state index in [0.717, 1.165) is 6.42 Å². The quantitative estimate of drug-likeness (QED) is 0.746. The first-order valence-electron chi connectivity index (χ1n) is 5.81. The van der Waals surface area contributed by atoms with Gasteiger partial charge in [-0.2, -0.15) is 11.8 Å². The highest BCUT2D eigenvalue weighted by Crippen LogP contribution is 2.24. The number of thioether (sulfide) groups is 1. The topological polar surface area (TPSA) is 58.2 Å². The van der Waals surface area contributed by atoms with E-state index in [0.29, 0.717) is 18.3 Å². The third kappa shape index (κ3) is 4.61. The lowest BCUT2D eigenvalue weighted by Gasteiger charge is -2.22. The molecule has 2 unspecified atom stereocenters. The number of hydrogen-bond acceptors (Lipinski definition) is 4. The number of nitrogens with one attached hydrogen (secondary N) is 2. The Labute approximate surface area is 103 Å². The van der Waals surface area contributed by atoms with E-state index >= 15 is 0 Å². The Hall–Kier alpha value is 0.220. The van der Waals surface area contributed by atoms with Crippen molar-refractivity contribution in [2.75, 3.05) is 25.9 Å². The molecule has 1 heterocycles. The standard InChI is InChI=1S/C10H22N2O2S2/c1-9(7-11-2)16(13,14)12-8-10-5-3-4-6-15-10/h9-12H,3-8H2,1-2H3. The van der Waals surface area contributed by atoms with Gasteiger partial charge in [0, 0.05) is 18.3 Å². The van der Waals surface area contributed by atoms with Gasteiger partial charge < -0.3 is 5.32 Å². The fourth-order valence-corrected chi connectivity index (χ4v) is 4.17. The zero-order chi connectivity index (χ0) is 12.0. The Balaban J connectivity index is 2.34. The molecule has 0 aromatic heterocycles. The molecule has 1 aliphatic rings. The van der Waals surface area contributed by atoms with Crippen molar-refractivity contribution in [2.45, 2.75) is 36.7 Å². The molecule has 0 saturated carbocycles. The fourth-order valence-electron chi connectivity index (χ4n) is 1.72. The van der Waals surface area contributed by atoms with E-state index in [9.17, 15) is 8.42 Å². The Morgan fingerprint density at radius 1 is 1.44 bits per heavy atom. The molecule has 6 heteroatoms. The summed E-state index contributed by atoms with van der Waals surface area (Å²) < 4.78 is 26.3. The summed E-state index contributed by atoms with van der Waals surface area (Å²) in [5, 5.41) is 2.98. The molecule has 4 nitrogen and oxygen atoms in total. The predicted molar refractivity (Wildman–Crippen MR) is 70.4 cm³/mol. The van der Waals surface area contributed by atoms with Crippen molar-refractivity contribution in [2.24, 2.45) is 0 Å². The molecular formula is C10H22N2O2S2. The SMILES string of the molecule is CNCC(C)S(=O)(=O)NCC1CCCCS1. The van der Waals surface area contributed by atoms with Crippen LogP contribution < -0.4 is 10.0 Å². The summed E-state index contributed by atoms with van der Waals surface area (Å²) in [6.45, 7) is 2.81. The van der Waals surface area contributed by atoms with E-state index in [-0.39, 0.29) is 5.25 Å². The van der Waals surface area contributed by atoms with Crippen LogP contribution in [0.25, 0.3) is 0 Å². The average molecular weight is 266 g/mol. The highest BCUT2D eigenvalue weighted by atomic mass is 32.2. The van der Waals surface area contributed by atoms with Crippen LogP contribution in [0.1, 0.15) is 26.2 Å². The van der Waals surface area contributed by atoms with Gasteiger partial charge in [-0.15, -0.1) is 0 Å².